The Balaban J connectivity index is 1.64. The van der Waals surface area contributed by atoms with Crippen molar-refractivity contribution in [2.75, 3.05) is 12.4 Å². The first-order chi connectivity index (χ1) is 12.5. The third-order valence-electron chi connectivity index (χ3n) is 3.46. The van der Waals surface area contributed by atoms with E-state index in [4.69, 9.17) is 8.83 Å². The molecule has 0 atom stereocenters. The van der Waals surface area contributed by atoms with Gasteiger partial charge in [0.15, 0.2) is 11.5 Å². The van der Waals surface area contributed by atoms with Gasteiger partial charge in [0.05, 0.1) is 24.8 Å². The summed E-state index contributed by atoms with van der Waals surface area (Å²) in [6.45, 7) is -0.00873. The molecule has 0 aliphatic heterocycles. The van der Waals surface area contributed by atoms with Crippen LogP contribution in [0.5, 0.6) is 0 Å². The monoisotopic (exact) mass is 376 g/mol. The minimum absolute atomic E-state index is 0.00873. The number of carbonyl (C=O) groups excluding carboxylic acids is 1. The van der Waals surface area contributed by atoms with Crippen molar-refractivity contribution in [3.8, 4) is 11.5 Å². The van der Waals surface area contributed by atoms with Crippen molar-refractivity contribution >= 4 is 21.8 Å². The first-order valence-electron chi connectivity index (χ1n) is 7.55. The van der Waals surface area contributed by atoms with Crippen LogP contribution in [0.3, 0.4) is 0 Å². The van der Waals surface area contributed by atoms with Crippen molar-refractivity contribution in [2.24, 2.45) is 0 Å². The zero-order valence-corrected chi connectivity index (χ0v) is 14.6. The first kappa shape index (κ1) is 17.8. The van der Waals surface area contributed by atoms with Gasteiger partial charge in [-0.2, -0.15) is 0 Å². The maximum Gasteiger partial charge on any atom is 0.411 e. The molecule has 0 aliphatic rings. The van der Waals surface area contributed by atoms with Crippen molar-refractivity contribution in [1.82, 2.24) is 4.72 Å². The second kappa shape index (κ2) is 7.46. The lowest BCUT2D eigenvalue weighted by atomic mass is 10.3. The van der Waals surface area contributed by atoms with Crippen LogP contribution in [0.2, 0.25) is 0 Å². The second-order valence-electron chi connectivity index (χ2n) is 5.21. The molecule has 9 heteroatoms. The van der Waals surface area contributed by atoms with Crippen LogP contribution in [0.25, 0.3) is 11.5 Å². The van der Waals surface area contributed by atoms with Gasteiger partial charge < -0.3 is 13.6 Å². The number of benzene rings is 1. The summed E-state index contributed by atoms with van der Waals surface area (Å²) < 4.78 is 42.4. The Hall–Kier alpha value is -3.04. The van der Waals surface area contributed by atoms with Crippen molar-refractivity contribution in [3.05, 3.63) is 60.6 Å². The third kappa shape index (κ3) is 4.13. The Bertz CT molecular complexity index is 975. The predicted octanol–water partition coefficient (Wildman–Crippen LogP) is 3.20. The van der Waals surface area contributed by atoms with Crippen molar-refractivity contribution in [1.29, 1.82) is 0 Å². The van der Waals surface area contributed by atoms with Crippen LogP contribution < -0.4 is 10.0 Å². The maximum atomic E-state index is 12.3. The highest BCUT2D eigenvalue weighted by Gasteiger charge is 2.15. The highest BCUT2D eigenvalue weighted by molar-refractivity contribution is 7.89. The number of sulfonamides is 1. The fourth-order valence-corrected chi connectivity index (χ4v) is 3.15. The summed E-state index contributed by atoms with van der Waals surface area (Å²) in [5.41, 5.74) is 0.421. The van der Waals surface area contributed by atoms with Gasteiger partial charge in [0.1, 0.15) is 5.76 Å². The summed E-state index contributed by atoms with van der Waals surface area (Å²) in [7, 11) is -2.49. The smallest absolute Gasteiger partial charge is 0.411 e. The average Bonchev–Trinajstić information content (AvgIpc) is 3.32. The molecule has 0 bridgehead atoms. The van der Waals surface area contributed by atoms with Crippen LogP contribution in [0.1, 0.15) is 5.76 Å². The standard InChI is InChI=1S/C17H16N2O6S/c1-23-17(20)19-12-4-7-14(8-5-12)26(21,22)18-11-13-6-9-16(25-13)15-3-2-10-24-15/h2-10,18H,11H2,1H3,(H,19,20). The molecule has 3 aromatic rings. The number of carbonyl (C=O) groups is 1. The molecule has 8 nitrogen and oxygen atoms in total. The van der Waals surface area contributed by atoms with Gasteiger partial charge in [-0.15, -0.1) is 0 Å². The molecule has 1 aromatic carbocycles. The number of rotatable bonds is 6. The van der Waals surface area contributed by atoms with E-state index in [0.29, 0.717) is 23.0 Å². The molecule has 1 amide bonds. The number of hydrogen-bond acceptors (Lipinski definition) is 6. The largest absolute Gasteiger partial charge is 0.461 e. The normalized spacial score (nSPS) is 11.3. The van der Waals surface area contributed by atoms with Gasteiger partial charge in [0, 0.05) is 5.69 Å². The number of anilines is 1. The summed E-state index contributed by atoms with van der Waals surface area (Å²) in [4.78, 5) is 11.2. The van der Waals surface area contributed by atoms with Gasteiger partial charge in [-0.05, 0) is 48.5 Å². The summed E-state index contributed by atoms with van der Waals surface area (Å²) >= 11 is 0. The minimum Gasteiger partial charge on any atom is -0.461 e. The lowest BCUT2D eigenvalue weighted by molar-refractivity contribution is 0.187. The van der Waals surface area contributed by atoms with Crippen LogP contribution in [-0.2, 0) is 21.3 Å². The molecule has 3 rings (SSSR count). The summed E-state index contributed by atoms with van der Waals surface area (Å²) in [6, 6.07) is 12.5. The minimum atomic E-state index is -3.73. The molecule has 26 heavy (non-hydrogen) atoms. The molecule has 2 aromatic heterocycles. The number of methoxy groups -OCH3 is 1. The Morgan fingerprint density at radius 2 is 1.85 bits per heavy atom. The van der Waals surface area contributed by atoms with E-state index in [9.17, 15) is 13.2 Å². The number of hydrogen-bond donors (Lipinski definition) is 2. The first-order valence-corrected chi connectivity index (χ1v) is 9.03. The molecule has 0 fully saturated rings. The summed E-state index contributed by atoms with van der Waals surface area (Å²) in [6.07, 6.45) is 0.891. The topological polar surface area (TPSA) is 111 Å². The Morgan fingerprint density at radius 3 is 2.50 bits per heavy atom. The quantitative estimate of drug-likeness (QED) is 0.683. The summed E-state index contributed by atoms with van der Waals surface area (Å²) in [5.74, 6) is 1.53. The van der Waals surface area contributed by atoms with Gasteiger partial charge in [0.25, 0.3) is 0 Å². The van der Waals surface area contributed by atoms with E-state index in [2.05, 4.69) is 14.8 Å². The maximum absolute atomic E-state index is 12.3. The predicted molar refractivity (Wildman–Crippen MR) is 92.9 cm³/mol. The van der Waals surface area contributed by atoms with Crippen molar-refractivity contribution in [3.63, 3.8) is 0 Å². The second-order valence-corrected chi connectivity index (χ2v) is 6.98. The van der Waals surface area contributed by atoms with Crippen molar-refractivity contribution < 1.29 is 26.8 Å². The van der Waals surface area contributed by atoms with E-state index in [0.717, 1.165) is 0 Å². The molecule has 0 saturated heterocycles. The highest BCUT2D eigenvalue weighted by atomic mass is 32.2. The Morgan fingerprint density at radius 1 is 1.08 bits per heavy atom. The molecule has 136 valence electrons. The van der Waals surface area contributed by atoms with Crippen LogP contribution in [0.15, 0.2) is 68.5 Å². The van der Waals surface area contributed by atoms with Crippen LogP contribution in [-0.4, -0.2) is 21.6 Å². The molecular weight excluding hydrogens is 360 g/mol. The molecule has 0 unspecified atom stereocenters. The fraction of sp³-hybridized carbons (Fsp3) is 0.118. The molecule has 0 aliphatic carbocycles. The zero-order valence-electron chi connectivity index (χ0n) is 13.8. The van der Waals surface area contributed by atoms with E-state index in [1.807, 2.05) is 0 Å². The van der Waals surface area contributed by atoms with E-state index in [1.165, 1.54) is 37.6 Å². The molecule has 2 N–H and O–H groups in total. The lowest BCUT2D eigenvalue weighted by Crippen LogP contribution is -2.23. The zero-order chi connectivity index (χ0) is 18.6. The van der Waals surface area contributed by atoms with E-state index < -0.39 is 16.1 Å². The van der Waals surface area contributed by atoms with Crippen LogP contribution in [0.4, 0.5) is 10.5 Å². The van der Waals surface area contributed by atoms with Gasteiger partial charge in [0.2, 0.25) is 10.0 Å². The van der Waals surface area contributed by atoms with E-state index >= 15 is 0 Å². The third-order valence-corrected chi connectivity index (χ3v) is 4.88. The summed E-state index contributed by atoms with van der Waals surface area (Å²) in [5, 5.41) is 2.44. The van der Waals surface area contributed by atoms with Gasteiger partial charge in [-0.25, -0.2) is 17.9 Å². The molecule has 0 saturated carbocycles. The molecule has 0 radical (unpaired) electrons. The van der Waals surface area contributed by atoms with E-state index in [1.54, 1.807) is 24.3 Å². The Labute approximate surface area is 149 Å². The van der Waals surface area contributed by atoms with Crippen molar-refractivity contribution in [2.45, 2.75) is 11.4 Å². The Kier molecular flexibility index (Phi) is 5.10. The average molecular weight is 376 g/mol. The molecular formula is C17H16N2O6S. The molecule has 0 spiro atoms. The van der Waals surface area contributed by atoms with E-state index in [-0.39, 0.29) is 11.4 Å². The van der Waals surface area contributed by atoms with Gasteiger partial charge in [-0.3, -0.25) is 5.32 Å². The number of nitrogens with one attached hydrogen (secondary N) is 2. The SMILES string of the molecule is COC(=O)Nc1ccc(S(=O)(=O)NCc2ccc(-c3ccco3)o2)cc1. The number of furan rings is 2. The van der Waals surface area contributed by atoms with Crippen LogP contribution in [0, 0.1) is 0 Å². The van der Waals surface area contributed by atoms with Crippen LogP contribution >= 0.6 is 0 Å². The number of amides is 1. The van der Waals surface area contributed by atoms with Gasteiger partial charge in [-0.1, -0.05) is 0 Å². The number of ether oxygens (including phenoxy) is 1. The fourth-order valence-electron chi connectivity index (χ4n) is 2.16. The highest BCUT2D eigenvalue weighted by Crippen LogP contribution is 2.22. The van der Waals surface area contributed by atoms with Gasteiger partial charge >= 0.3 is 6.09 Å². The lowest BCUT2D eigenvalue weighted by Gasteiger charge is -2.07. The molecule has 2 heterocycles.